The Morgan fingerprint density at radius 1 is 1.12 bits per heavy atom. The van der Waals surface area contributed by atoms with E-state index in [0.717, 1.165) is 49.1 Å². The van der Waals surface area contributed by atoms with Gasteiger partial charge in [0.1, 0.15) is 0 Å². The van der Waals surface area contributed by atoms with Crippen LogP contribution in [0.4, 0.5) is 5.95 Å². The van der Waals surface area contributed by atoms with Crippen molar-refractivity contribution < 1.29 is 0 Å². The lowest BCUT2D eigenvalue weighted by molar-refractivity contribution is 0.575. The summed E-state index contributed by atoms with van der Waals surface area (Å²) < 4.78 is 2.21. The van der Waals surface area contributed by atoms with Gasteiger partial charge in [0.2, 0.25) is 5.95 Å². The summed E-state index contributed by atoms with van der Waals surface area (Å²) in [5.41, 5.74) is 4.73. The van der Waals surface area contributed by atoms with Gasteiger partial charge >= 0.3 is 0 Å². The molecule has 5 heteroatoms. The number of para-hydroxylation sites is 1. The number of aryl methyl sites for hydroxylation is 1. The summed E-state index contributed by atoms with van der Waals surface area (Å²) in [6.45, 7) is 4.03. The minimum atomic E-state index is 0.780. The summed E-state index contributed by atoms with van der Waals surface area (Å²) >= 11 is 6.13. The molecule has 1 N–H and O–H groups in total. The van der Waals surface area contributed by atoms with Gasteiger partial charge in [0.25, 0.3) is 0 Å². The summed E-state index contributed by atoms with van der Waals surface area (Å²) in [6.07, 6.45) is 0.843. The van der Waals surface area contributed by atoms with Gasteiger partial charge in [-0.3, -0.25) is 0 Å². The van der Waals surface area contributed by atoms with Crippen molar-refractivity contribution in [2.45, 2.75) is 6.42 Å². The Morgan fingerprint density at radius 2 is 1.92 bits per heavy atom. The van der Waals surface area contributed by atoms with Crippen LogP contribution < -0.4 is 10.2 Å². The maximum atomic E-state index is 6.13. The van der Waals surface area contributed by atoms with Crippen LogP contribution in [0.15, 0.2) is 42.5 Å². The van der Waals surface area contributed by atoms with E-state index in [9.17, 15) is 0 Å². The molecule has 1 saturated heterocycles. The number of imidazole rings is 1. The zero-order valence-electron chi connectivity index (χ0n) is 13.8. The van der Waals surface area contributed by atoms with Crippen molar-refractivity contribution in [1.82, 2.24) is 14.9 Å². The Morgan fingerprint density at radius 3 is 2.71 bits per heavy atom. The van der Waals surface area contributed by atoms with Gasteiger partial charge in [-0.2, -0.15) is 0 Å². The smallest absolute Gasteiger partial charge is 0.206 e. The normalized spacial score (nSPS) is 15.2. The van der Waals surface area contributed by atoms with Crippen LogP contribution in [0.25, 0.3) is 11.0 Å². The van der Waals surface area contributed by atoms with Crippen molar-refractivity contribution in [3.8, 4) is 0 Å². The van der Waals surface area contributed by atoms with Crippen LogP contribution in [0.1, 0.15) is 11.1 Å². The molecule has 24 heavy (non-hydrogen) atoms. The molecule has 4 rings (SSSR count). The highest BCUT2D eigenvalue weighted by Crippen LogP contribution is 2.26. The second-order valence-corrected chi connectivity index (χ2v) is 6.74. The Labute approximate surface area is 147 Å². The first-order chi connectivity index (χ1) is 11.7. The van der Waals surface area contributed by atoms with Crippen molar-refractivity contribution in [1.29, 1.82) is 0 Å². The van der Waals surface area contributed by atoms with Gasteiger partial charge in [-0.25, -0.2) is 4.98 Å². The fourth-order valence-electron chi connectivity index (χ4n) is 3.42. The molecular weight excluding hydrogens is 320 g/mol. The van der Waals surface area contributed by atoms with Gasteiger partial charge in [-0.05, 0) is 35.7 Å². The zero-order chi connectivity index (χ0) is 16.5. The molecule has 0 unspecified atom stereocenters. The van der Waals surface area contributed by atoms with Gasteiger partial charge in [0.05, 0.1) is 11.0 Å². The molecule has 0 atom stereocenters. The Kier molecular flexibility index (Phi) is 4.17. The third-order valence-electron chi connectivity index (χ3n) is 4.65. The molecule has 0 spiro atoms. The minimum Gasteiger partial charge on any atom is -0.340 e. The maximum absolute atomic E-state index is 6.13. The monoisotopic (exact) mass is 340 g/mol. The molecule has 2 heterocycles. The molecule has 0 saturated carbocycles. The highest BCUT2D eigenvalue weighted by Gasteiger charge is 2.18. The number of rotatable bonds is 3. The average molecular weight is 341 g/mol. The summed E-state index contributed by atoms with van der Waals surface area (Å²) in [4.78, 5) is 7.34. The van der Waals surface area contributed by atoms with Crippen LogP contribution in [0.3, 0.4) is 0 Å². The highest BCUT2D eigenvalue weighted by atomic mass is 35.5. The Bertz CT molecular complexity index is 865. The number of piperazine rings is 1. The minimum absolute atomic E-state index is 0.780. The van der Waals surface area contributed by atoms with Crippen molar-refractivity contribution in [3.05, 3.63) is 58.6 Å². The van der Waals surface area contributed by atoms with E-state index in [1.165, 1.54) is 16.6 Å². The SMILES string of the molecule is Cn1c(N2CCNCC2)nc2c(Cc3cccc(Cl)c3)cccc21. The van der Waals surface area contributed by atoms with E-state index in [1.54, 1.807) is 0 Å². The van der Waals surface area contributed by atoms with Crippen molar-refractivity contribution in [2.75, 3.05) is 31.1 Å². The molecule has 124 valence electrons. The van der Waals surface area contributed by atoms with E-state index in [2.05, 4.69) is 46.1 Å². The number of halogens is 1. The van der Waals surface area contributed by atoms with Gasteiger partial charge in [0, 0.05) is 38.2 Å². The first-order valence-electron chi connectivity index (χ1n) is 8.37. The van der Waals surface area contributed by atoms with Crippen LogP contribution >= 0.6 is 11.6 Å². The summed E-state index contributed by atoms with van der Waals surface area (Å²) in [6, 6.07) is 14.5. The standard InChI is InChI=1S/C19H21ClN4/c1-23-17-7-3-5-15(12-14-4-2-6-16(20)13-14)18(17)22-19(23)24-10-8-21-9-11-24/h2-7,13,21H,8-12H2,1H3. The van der Waals surface area contributed by atoms with Gasteiger partial charge in [0.15, 0.2) is 0 Å². The predicted molar refractivity (Wildman–Crippen MR) is 100 cm³/mol. The molecule has 1 aliphatic rings. The van der Waals surface area contributed by atoms with Crippen LogP contribution in [0, 0.1) is 0 Å². The Hall–Kier alpha value is -2.04. The topological polar surface area (TPSA) is 33.1 Å². The van der Waals surface area contributed by atoms with Gasteiger partial charge in [-0.15, -0.1) is 0 Å². The van der Waals surface area contributed by atoms with Gasteiger partial charge < -0.3 is 14.8 Å². The first-order valence-corrected chi connectivity index (χ1v) is 8.74. The van der Waals surface area contributed by atoms with Crippen LogP contribution in [0.2, 0.25) is 5.02 Å². The van der Waals surface area contributed by atoms with Crippen LogP contribution in [0.5, 0.6) is 0 Å². The number of hydrogen-bond acceptors (Lipinski definition) is 3. The van der Waals surface area contributed by atoms with E-state index in [-0.39, 0.29) is 0 Å². The Balaban J connectivity index is 1.74. The number of hydrogen-bond donors (Lipinski definition) is 1. The zero-order valence-corrected chi connectivity index (χ0v) is 14.6. The van der Waals surface area contributed by atoms with Crippen LogP contribution in [-0.4, -0.2) is 35.7 Å². The van der Waals surface area contributed by atoms with E-state index >= 15 is 0 Å². The average Bonchev–Trinajstić information content (AvgIpc) is 2.94. The first kappa shape index (κ1) is 15.5. The number of nitrogens with one attached hydrogen (secondary N) is 1. The molecule has 4 nitrogen and oxygen atoms in total. The molecule has 3 aromatic rings. The molecule has 2 aromatic carbocycles. The van der Waals surface area contributed by atoms with E-state index in [4.69, 9.17) is 16.6 Å². The quantitative estimate of drug-likeness (QED) is 0.794. The number of fused-ring (bicyclic) bond motifs is 1. The maximum Gasteiger partial charge on any atom is 0.206 e. The lowest BCUT2D eigenvalue weighted by Crippen LogP contribution is -2.44. The lowest BCUT2D eigenvalue weighted by atomic mass is 10.0. The van der Waals surface area contributed by atoms with Gasteiger partial charge in [-0.1, -0.05) is 35.9 Å². The number of aromatic nitrogens is 2. The molecule has 0 amide bonds. The number of nitrogens with zero attached hydrogens (tertiary/aromatic N) is 3. The van der Waals surface area contributed by atoms with Crippen molar-refractivity contribution in [3.63, 3.8) is 0 Å². The number of anilines is 1. The molecule has 1 aliphatic heterocycles. The molecular formula is C19H21ClN4. The van der Waals surface area contributed by atoms with Crippen LogP contribution in [-0.2, 0) is 13.5 Å². The fraction of sp³-hybridized carbons (Fsp3) is 0.316. The van der Waals surface area contributed by atoms with Crippen molar-refractivity contribution in [2.24, 2.45) is 7.05 Å². The molecule has 1 fully saturated rings. The van der Waals surface area contributed by atoms with Crippen molar-refractivity contribution >= 4 is 28.6 Å². The molecule has 0 radical (unpaired) electrons. The molecule has 1 aromatic heterocycles. The van der Waals surface area contributed by atoms with E-state index in [1.807, 2.05) is 18.2 Å². The second-order valence-electron chi connectivity index (χ2n) is 6.30. The summed E-state index contributed by atoms with van der Waals surface area (Å²) in [5.74, 6) is 1.06. The molecule has 0 bridgehead atoms. The fourth-order valence-corrected chi connectivity index (χ4v) is 3.63. The third kappa shape index (κ3) is 2.87. The summed E-state index contributed by atoms with van der Waals surface area (Å²) in [5, 5.41) is 4.18. The third-order valence-corrected chi connectivity index (χ3v) is 4.89. The second kappa shape index (κ2) is 6.46. The largest absolute Gasteiger partial charge is 0.340 e. The predicted octanol–water partition coefficient (Wildman–Crippen LogP) is 3.23. The molecule has 0 aliphatic carbocycles. The highest BCUT2D eigenvalue weighted by molar-refractivity contribution is 6.30. The van der Waals surface area contributed by atoms with E-state index in [0.29, 0.717) is 0 Å². The van der Waals surface area contributed by atoms with E-state index < -0.39 is 0 Å². The lowest BCUT2D eigenvalue weighted by Gasteiger charge is -2.28. The number of benzene rings is 2. The summed E-state index contributed by atoms with van der Waals surface area (Å²) in [7, 11) is 2.11.